The fraction of sp³-hybridized carbons (Fsp3) is 0.0870. The van der Waals surface area contributed by atoms with E-state index in [2.05, 4.69) is 10.6 Å². The molecule has 0 saturated carbocycles. The van der Waals surface area contributed by atoms with Gasteiger partial charge in [0.1, 0.15) is 0 Å². The molecule has 0 unspecified atom stereocenters. The van der Waals surface area contributed by atoms with Crippen molar-refractivity contribution in [2.45, 2.75) is 4.90 Å². The second kappa shape index (κ2) is 7.68. The van der Waals surface area contributed by atoms with Gasteiger partial charge >= 0.3 is 0 Å². The van der Waals surface area contributed by atoms with Crippen LogP contribution in [0.5, 0.6) is 0 Å². The Balaban J connectivity index is 1.78. The summed E-state index contributed by atoms with van der Waals surface area (Å²) in [5, 5.41) is 5.85. The molecule has 152 valence electrons. The Morgan fingerprint density at radius 1 is 0.800 bits per heavy atom. The van der Waals surface area contributed by atoms with Crippen molar-refractivity contribution in [1.82, 2.24) is 0 Å². The van der Waals surface area contributed by atoms with Crippen LogP contribution in [0.3, 0.4) is 0 Å². The van der Waals surface area contributed by atoms with Crippen molar-refractivity contribution in [1.29, 1.82) is 0 Å². The molecule has 2 N–H and O–H groups in total. The number of fused-ring (bicyclic) bond motifs is 1. The van der Waals surface area contributed by atoms with Crippen LogP contribution in [0, 0.1) is 0 Å². The number of nitrogens with zero attached hydrogens (tertiary/aromatic N) is 1. The van der Waals surface area contributed by atoms with E-state index in [9.17, 15) is 13.2 Å². The Morgan fingerprint density at radius 3 is 2.10 bits per heavy atom. The smallest absolute Gasteiger partial charge is 0.269 e. The topological polar surface area (TPSA) is 78.5 Å². The van der Waals surface area contributed by atoms with Crippen LogP contribution in [0.4, 0.5) is 17.1 Å². The monoisotopic (exact) mass is 419 g/mol. The van der Waals surface area contributed by atoms with E-state index in [4.69, 9.17) is 0 Å². The third kappa shape index (κ3) is 3.55. The first-order valence-electron chi connectivity index (χ1n) is 9.37. The Labute approximate surface area is 175 Å². The predicted octanol–water partition coefficient (Wildman–Crippen LogP) is 3.96. The largest absolute Gasteiger partial charge is 0.378 e. The van der Waals surface area contributed by atoms with E-state index in [1.807, 2.05) is 49.3 Å². The second-order valence-corrected chi connectivity index (χ2v) is 8.95. The SMILES string of the molecule is CN(C)c1ccc(NC2=C(C(=O)Nc3ccccc3)S(=O)(=O)c3ccccc32)cc1. The minimum Gasteiger partial charge on any atom is -0.378 e. The van der Waals surface area contributed by atoms with Crippen LogP contribution in [-0.4, -0.2) is 28.4 Å². The fourth-order valence-electron chi connectivity index (χ4n) is 3.33. The van der Waals surface area contributed by atoms with Gasteiger partial charge < -0.3 is 15.5 Å². The van der Waals surface area contributed by atoms with Gasteiger partial charge in [0, 0.05) is 36.7 Å². The van der Waals surface area contributed by atoms with Crippen LogP contribution in [0.1, 0.15) is 5.56 Å². The molecule has 0 saturated heterocycles. The average molecular weight is 420 g/mol. The third-order valence-electron chi connectivity index (χ3n) is 4.83. The molecule has 1 heterocycles. The quantitative estimate of drug-likeness (QED) is 0.655. The minimum atomic E-state index is -3.96. The lowest BCUT2D eigenvalue weighted by atomic mass is 10.1. The van der Waals surface area contributed by atoms with Gasteiger partial charge in [-0.05, 0) is 42.5 Å². The molecule has 30 heavy (non-hydrogen) atoms. The molecule has 3 aromatic carbocycles. The summed E-state index contributed by atoms with van der Waals surface area (Å²) in [6, 6.07) is 22.9. The van der Waals surface area contributed by atoms with Gasteiger partial charge in [-0.1, -0.05) is 36.4 Å². The molecule has 0 fully saturated rings. The van der Waals surface area contributed by atoms with Gasteiger partial charge in [0.05, 0.1) is 10.6 Å². The van der Waals surface area contributed by atoms with Crippen molar-refractivity contribution in [2.75, 3.05) is 29.6 Å². The van der Waals surface area contributed by atoms with Gasteiger partial charge in [-0.25, -0.2) is 8.42 Å². The number of carbonyl (C=O) groups is 1. The Kier molecular flexibility index (Phi) is 5.05. The van der Waals surface area contributed by atoms with Crippen molar-refractivity contribution in [3.05, 3.63) is 89.3 Å². The van der Waals surface area contributed by atoms with Crippen LogP contribution in [0.25, 0.3) is 5.70 Å². The molecular weight excluding hydrogens is 398 g/mol. The van der Waals surface area contributed by atoms with Crippen molar-refractivity contribution >= 4 is 38.5 Å². The highest BCUT2D eigenvalue weighted by atomic mass is 32.2. The number of rotatable bonds is 5. The second-order valence-electron chi connectivity index (χ2n) is 7.09. The van der Waals surface area contributed by atoms with Gasteiger partial charge in [-0.15, -0.1) is 0 Å². The average Bonchev–Trinajstić information content (AvgIpc) is 2.96. The normalized spacial score (nSPS) is 14.2. The number of hydrogen-bond donors (Lipinski definition) is 2. The van der Waals surface area contributed by atoms with Crippen molar-refractivity contribution < 1.29 is 13.2 Å². The molecule has 0 atom stereocenters. The van der Waals surface area contributed by atoms with Crippen molar-refractivity contribution in [2.24, 2.45) is 0 Å². The standard InChI is InChI=1S/C23H21N3O3S/c1-26(2)18-14-12-17(13-15-18)24-21-19-10-6-7-11-20(19)30(28,29)22(21)23(27)25-16-8-4-3-5-9-16/h3-15,24H,1-2H3,(H,25,27). The zero-order chi connectivity index (χ0) is 21.3. The first kappa shape index (κ1) is 19.7. The van der Waals surface area contributed by atoms with Crippen LogP contribution in [0.2, 0.25) is 0 Å². The first-order chi connectivity index (χ1) is 14.4. The Morgan fingerprint density at radius 2 is 1.43 bits per heavy atom. The fourth-order valence-corrected chi connectivity index (χ4v) is 4.99. The number of sulfone groups is 1. The van der Waals surface area contributed by atoms with E-state index in [0.29, 0.717) is 16.9 Å². The van der Waals surface area contributed by atoms with Crippen molar-refractivity contribution in [3.8, 4) is 0 Å². The number of para-hydroxylation sites is 1. The van der Waals surface area contributed by atoms with Crippen LogP contribution in [-0.2, 0) is 14.6 Å². The van der Waals surface area contributed by atoms with E-state index in [0.717, 1.165) is 5.69 Å². The summed E-state index contributed by atoms with van der Waals surface area (Å²) in [6.07, 6.45) is 0. The van der Waals surface area contributed by atoms with Crippen LogP contribution < -0.4 is 15.5 Å². The van der Waals surface area contributed by atoms with E-state index >= 15 is 0 Å². The molecule has 1 aliphatic heterocycles. The summed E-state index contributed by atoms with van der Waals surface area (Å²) >= 11 is 0. The van der Waals surface area contributed by atoms with E-state index in [1.54, 1.807) is 42.5 Å². The van der Waals surface area contributed by atoms with Gasteiger partial charge in [0.25, 0.3) is 5.91 Å². The highest BCUT2D eigenvalue weighted by molar-refractivity contribution is 7.97. The number of benzene rings is 3. The van der Waals surface area contributed by atoms with E-state index < -0.39 is 15.7 Å². The molecule has 0 aromatic heterocycles. The molecule has 0 bridgehead atoms. The molecule has 7 heteroatoms. The molecule has 3 aromatic rings. The molecule has 1 amide bonds. The molecule has 4 rings (SSSR count). The Hall–Kier alpha value is -3.58. The maximum absolute atomic E-state index is 13.2. The summed E-state index contributed by atoms with van der Waals surface area (Å²) in [5.74, 6) is -0.676. The lowest BCUT2D eigenvalue weighted by molar-refractivity contribution is -0.112. The van der Waals surface area contributed by atoms with Gasteiger partial charge in [-0.3, -0.25) is 4.79 Å². The third-order valence-corrected chi connectivity index (χ3v) is 6.69. The summed E-state index contributed by atoms with van der Waals surface area (Å²) in [6.45, 7) is 0. The number of amides is 1. The zero-order valence-electron chi connectivity index (χ0n) is 16.6. The van der Waals surface area contributed by atoms with E-state index in [-0.39, 0.29) is 15.5 Å². The maximum Gasteiger partial charge on any atom is 0.269 e. The summed E-state index contributed by atoms with van der Waals surface area (Å²) in [7, 11) is -0.0772. The van der Waals surface area contributed by atoms with Gasteiger partial charge in [-0.2, -0.15) is 0 Å². The van der Waals surface area contributed by atoms with Crippen molar-refractivity contribution in [3.63, 3.8) is 0 Å². The molecule has 0 spiro atoms. The van der Waals surface area contributed by atoms with E-state index in [1.165, 1.54) is 6.07 Å². The minimum absolute atomic E-state index is 0.121. The van der Waals surface area contributed by atoms with Gasteiger partial charge in [0.2, 0.25) is 9.84 Å². The lowest BCUT2D eigenvalue weighted by Gasteiger charge is -2.15. The zero-order valence-corrected chi connectivity index (χ0v) is 17.4. The number of carbonyl (C=O) groups excluding carboxylic acids is 1. The first-order valence-corrected chi connectivity index (χ1v) is 10.9. The molecule has 0 radical (unpaired) electrons. The predicted molar refractivity (Wildman–Crippen MR) is 120 cm³/mol. The molecule has 0 aliphatic carbocycles. The molecule has 1 aliphatic rings. The van der Waals surface area contributed by atoms with Crippen LogP contribution >= 0.6 is 0 Å². The number of anilines is 3. The number of hydrogen-bond acceptors (Lipinski definition) is 5. The summed E-state index contributed by atoms with van der Waals surface area (Å²) < 4.78 is 26.4. The summed E-state index contributed by atoms with van der Waals surface area (Å²) in [4.78, 5) is 14.9. The molecular formula is C23H21N3O3S. The maximum atomic E-state index is 13.2. The highest BCUT2D eigenvalue weighted by Crippen LogP contribution is 2.40. The molecule has 6 nitrogen and oxygen atoms in total. The lowest BCUT2D eigenvalue weighted by Crippen LogP contribution is -2.20. The Bertz CT molecular complexity index is 1230. The highest BCUT2D eigenvalue weighted by Gasteiger charge is 2.40. The summed E-state index contributed by atoms with van der Waals surface area (Å²) in [5.41, 5.74) is 2.98. The van der Waals surface area contributed by atoms with Gasteiger partial charge in [0.15, 0.2) is 4.91 Å². The number of nitrogens with one attached hydrogen (secondary N) is 2. The van der Waals surface area contributed by atoms with Crippen LogP contribution in [0.15, 0.2) is 88.7 Å².